The molecule has 29 heavy (non-hydrogen) atoms. The van der Waals surface area contributed by atoms with E-state index in [2.05, 4.69) is 11.7 Å². The molecule has 0 fully saturated rings. The number of carbonyl (C=O) groups is 1. The summed E-state index contributed by atoms with van der Waals surface area (Å²) in [6, 6.07) is 0. The summed E-state index contributed by atoms with van der Waals surface area (Å²) < 4.78 is 27.7. The van der Waals surface area contributed by atoms with Crippen molar-refractivity contribution in [2.75, 3.05) is 35.5 Å². The molecule has 0 aliphatic rings. The van der Waals surface area contributed by atoms with Crippen molar-refractivity contribution in [3.05, 3.63) is 0 Å². The monoisotopic (exact) mass is 418 g/mol. The zero-order valence-corrected chi connectivity index (χ0v) is 19.7. The Balaban J connectivity index is 4.37. The Morgan fingerprint density at radius 1 is 0.621 bits per heavy atom. The molecule has 0 radical (unpaired) electrons. The summed E-state index contributed by atoms with van der Waals surface area (Å²) in [5, 5.41) is 0. The lowest BCUT2D eigenvalue weighted by atomic mass is 9.96. The van der Waals surface area contributed by atoms with Gasteiger partial charge in [-0.3, -0.25) is 4.79 Å². The van der Waals surface area contributed by atoms with Gasteiger partial charge in [0, 0.05) is 41.3 Å². The highest BCUT2D eigenvalue weighted by atomic mass is 16.5. The first kappa shape index (κ1) is 28.3. The van der Waals surface area contributed by atoms with Crippen LogP contribution in [0.15, 0.2) is 0 Å². The van der Waals surface area contributed by atoms with E-state index in [1.165, 1.54) is 20.0 Å². The van der Waals surface area contributed by atoms with Crippen LogP contribution < -0.4 is 0 Å². The Kier molecular flexibility index (Phi) is 18.8. The molecule has 6 nitrogen and oxygen atoms in total. The zero-order valence-electron chi connectivity index (χ0n) is 19.7. The second-order valence-electron chi connectivity index (χ2n) is 7.71. The Morgan fingerprint density at radius 3 is 1.52 bits per heavy atom. The van der Waals surface area contributed by atoms with Gasteiger partial charge in [-0.25, -0.2) is 0 Å². The van der Waals surface area contributed by atoms with Crippen LogP contribution >= 0.6 is 0 Å². The first-order valence-corrected chi connectivity index (χ1v) is 11.3. The summed E-state index contributed by atoms with van der Waals surface area (Å²) in [6.07, 6.45) is 12.2. The van der Waals surface area contributed by atoms with Crippen molar-refractivity contribution in [2.24, 2.45) is 0 Å². The topological polar surface area (TPSA) is 63.2 Å². The Labute approximate surface area is 178 Å². The van der Waals surface area contributed by atoms with Crippen LogP contribution in [0.1, 0.15) is 84.0 Å². The highest BCUT2D eigenvalue weighted by Crippen LogP contribution is 2.22. The first-order chi connectivity index (χ1) is 14.1. The van der Waals surface area contributed by atoms with Crippen LogP contribution in [0.4, 0.5) is 0 Å². The number of hydrogen-bond donors (Lipinski definition) is 0. The van der Waals surface area contributed by atoms with Gasteiger partial charge in [-0.1, -0.05) is 51.9 Å². The van der Waals surface area contributed by atoms with E-state index < -0.39 is 0 Å². The molecular weight excluding hydrogens is 372 g/mol. The molecule has 0 spiro atoms. The molecule has 0 N–H and O–H groups in total. The maximum absolute atomic E-state index is 11.1. The lowest BCUT2D eigenvalue weighted by Gasteiger charge is -2.31. The molecule has 0 saturated heterocycles. The normalized spacial score (nSPS) is 15.7. The van der Waals surface area contributed by atoms with E-state index in [0.717, 1.165) is 57.8 Å². The van der Waals surface area contributed by atoms with Gasteiger partial charge in [0.1, 0.15) is 0 Å². The van der Waals surface area contributed by atoms with Crippen molar-refractivity contribution in [1.82, 2.24) is 0 Å². The van der Waals surface area contributed by atoms with Crippen LogP contribution in [0.2, 0.25) is 0 Å². The lowest BCUT2D eigenvalue weighted by molar-refractivity contribution is -0.140. The third-order valence-electron chi connectivity index (χ3n) is 5.69. The lowest BCUT2D eigenvalue weighted by Crippen LogP contribution is -2.39. The van der Waals surface area contributed by atoms with Crippen LogP contribution in [-0.4, -0.2) is 65.9 Å². The number of rotatable bonds is 20. The fourth-order valence-corrected chi connectivity index (χ4v) is 3.78. The largest absolute Gasteiger partial charge is 0.469 e. The van der Waals surface area contributed by atoms with Crippen LogP contribution in [-0.2, 0) is 28.5 Å². The molecule has 0 amide bonds. The first-order valence-electron chi connectivity index (χ1n) is 11.3. The fourth-order valence-electron chi connectivity index (χ4n) is 3.78. The van der Waals surface area contributed by atoms with Crippen LogP contribution in [0.5, 0.6) is 0 Å². The van der Waals surface area contributed by atoms with E-state index in [0.29, 0.717) is 6.42 Å². The number of unbranched alkanes of at least 4 members (excludes halogenated alkanes) is 6. The van der Waals surface area contributed by atoms with Gasteiger partial charge in [0.2, 0.25) is 0 Å². The molecular formula is C23H46O6. The maximum atomic E-state index is 11.1. The summed E-state index contributed by atoms with van der Waals surface area (Å²) in [4.78, 5) is 11.1. The molecule has 0 aromatic heterocycles. The minimum atomic E-state index is -0.121. The number of methoxy groups -OCH3 is 5. The summed E-state index contributed by atoms with van der Waals surface area (Å²) >= 11 is 0. The third kappa shape index (κ3) is 13.3. The van der Waals surface area contributed by atoms with Crippen LogP contribution in [0.3, 0.4) is 0 Å². The second-order valence-corrected chi connectivity index (χ2v) is 7.71. The Bertz CT molecular complexity index is 376. The number of esters is 1. The van der Waals surface area contributed by atoms with E-state index in [-0.39, 0.29) is 30.4 Å². The van der Waals surface area contributed by atoms with Gasteiger partial charge >= 0.3 is 5.97 Å². The van der Waals surface area contributed by atoms with E-state index in [9.17, 15) is 4.79 Å². The molecule has 4 atom stereocenters. The maximum Gasteiger partial charge on any atom is 0.305 e. The van der Waals surface area contributed by atoms with E-state index in [1.807, 2.05) is 0 Å². The molecule has 0 aliphatic carbocycles. The van der Waals surface area contributed by atoms with Gasteiger partial charge in [-0.15, -0.1) is 0 Å². The molecule has 0 aromatic carbocycles. The van der Waals surface area contributed by atoms with Gasteiger partial charge in [0.25, 0.3) is 0 Å². The molecule has 0 saturated carbocycles. The average molecular weight is 419 g/mol. The summed E-state index contributed by atoms with van der Waals surface area (Å²) in [5.74, 6) is -0.121. The van der Waals surface area contributed by atoms with Crippen molar-refractivity contribution in [3.63, 3.8) is 0 Å². The molecule has 0 bridgehead atoms. The minimum absolute atomic E-state index is 0.00206. The fraction of sp³-hybridized carbons (Fsp3) is 0.957. The highest BCUT2D eigenvalue weighted by molar-refractivity contribution is 5.68. The van der Waals surface area contributed by atoms with Gasteiger partial charge < -0.3 is 23.7 Å². The standard InChI is InChI=1S/C23H46O6/c1-7-8-12-15-19(25-2)21(27-4)18-22(28-5)20(26-3)16-13-10-9-11-14-17-23(24)29-6/h19-22H,7-18H2,1-6H3. The Hall–Kier alpha value is -0.690. The van der Waals surface area contributed by atoms with Crippen LogP contribution in [0, 0.1) is 0 Å². The van der Waals surface area contributed by atoms with Gasteiger partial charge in [-0.2, -0.15) is 0 Å². The number of carbonyl (C=O) groups excluding carboxylic acids is 1. The average Bonchev–Trinajstić information content (AvgIpc) is 2.75. The van der Waals surface area contributed by atoms with Crippen molar-refractivity contribution in [3.8, 4) is 0 Å². The smallest absolute Gasteiger partial charge is 0.305 e. The van der Waals surface area contributed by atoms with Gasteiger partial charge in [0.05, 0.1) is 31.5 Å². The van der Waals surface area contributed by atoms with Crippen molar-refractivity contribution >= 4 is 5.97 Å². The molecule has 0 aliphatic heterocycles. The molecule has 4 unspecified atom stereocenters. The number of hydrogen-bond acceptors (Lipinski definition) is 6. The summed E-state index contributed by atoms with van der Waals surface area (Å²) in [5.41, 5.74) is 0. The molecule has 0 heterocycles. The molecule has 0 aromatic rings. The van der Waals surface area contributed by atoms with E-state index >= 15 is 0 Å². The minimum Gasteiger partial charge on any atom is -0.469 e. The van der Waals surface area contributed by atoms with Crippen molar-refractivity contribution < 1.29 is 28.5 Å². The van der Waals surface area contributed by atoms with Gasteiger partial charge in [0.15, 0.2) is 0 Å². The Morgan fingerprint density at radius 2 is 1.07 bits per heavy atom. The summed E-state index contributed by atoms with van der Waals surface area (Å²) in [7, 11) is 8.45. The predicted octanol–water partition coefficient (Wildman–Crippen LogP) is 4.92. The quantitative estimate of drug-likeness (QED) is 0.207. The van der Waals surface area contributed by atoms with Crippen molar-refractivity contribution in [2.45, 2.75) is 108 Å². The second kappa shape index (κ2) is 19.3. The van der Waals surface area contributed by atoms with E-state index in [4.69, 9.17) is 18.9 Å². The van der Waals surface area contributed by atoms with E-state index in [1.54, 1.807) is 28.4 Å². The molecule has 174 valence electrons. The summed E-state index contributed by atoms with van der Waals surface area (Å²) in [6.45, 7) is 2.21. The SMILES string of the molecule is CCCCCC(OC)C(CC(OC)C(CCCCCCCC(=O)OC)OC)OC. The molecule has 0 rings (SSSR count). The predicted molar refractivity (Wildman–Crippen MR) is 116 cm³/mol. The molecule has 6 heteroatoms. The number of ether oxygens (including phenoxy) is 5. The van der Waals surface area contributed by atoms with Crippen LogP contribution in [0.25, 0.3) is 0 Å². The van der Waals surface area contributed by atoms with Crippen molar-refractivity contribution in [1.29, 1.82) is 0 Å². The van der Waals surface area contributed by atoms with Gasteiger partial charge in [-0.05, 0) is 19.3 Å². The third-order valence-corrected chi connectivity index (χ3v) is 5.69. The highest BCUT2D eigenvalue weighted by Gasteiger charge is 2.29. The zero-order chi connectivity index (χ0) is 21.9.